The molecule has 0 spiro atoms. The van der Waals surface area contributed by atoms with Crippen molar-refractivity contribution in [3.8, 4) is 0 Å². The van der Waals surface area contributed by atoms with Gasteiger partial charge in [-0.15, -0.1) is 0 Å². The minimum atomic E-state index is -0.721. The summed E-state index contributed by atoms with van der Waals surface area (Å²) in [5.74, 6) is -0.721. The summed E-state index contributed by atoms with van der Waals surface area (Å²) in [6.45, 7) is 3.51. The van der Waals surface area contributed by atoms with Crippen LogP contribution in [0.5, 0.6) is 0 Å². The zero-order chi connectivity index (χ0) is 12.4. The van der Waals surface area contributed by atoms with Gasteiger partial charge in [0, 0.05) is 11.6 Å². The number of rotatable bonds is 3. The molecule has 0 bridgehead atoms. The first-order chi connectivity index (χ1) is 8.06. The first-order valence-corrected chi connectivity index (χ1v) is 6.17. The van der Waals surface area contributed by atoms with Gasteiger partial charge in [0.05, 0.1) is 0 Å². The number of likely N-dealkylation sites (tertiary alicyclic amines) is 1. The Balaban J connectivity index is 2.12. The lowest BCUT2D eigenvalue weighted by Crippen LogP contribution is -2.35. The maximum absolute atomic E-state index is 11.1. The fourth-order valence-corrected chi connectivity index (χ4v) is 2.75. The summed E-state index contributed by atoms with van der Waals surface area (Å²) in [6, 6.07) is 5.54. The second-order valence-corrected chi connectivity index (χ2v) is 5.04. The third kappa shape index (κ3) is 2.99. The highest BCUT2D eigenvalue weighted by atomic mass is 35.5. The molecule has 1 N–H and O–H groups in total. The van der Waals surface area contributed by atoms with Crippen LogP contribution in [-0.4, -0.2) is 28.6 Å². The standard InChI is InChI=1S/C13H16ClNO2/c1-9-5-10(7-11(14)6-9)8-15-4-2-3-12(15)13(16)17/h5-7,12H,2-4,8H2,1H3,(H,16,17). The molecular weight excluding hydrogens is 238 g/mol. The summed E-state index contributed by atoms with van der Waals surface area (Å²) in [7, 11) is 0. The Morgan fingerprint density at radius 2 is 2.29 bits per heavy atom. The Morgan fingerprint density at radius 1 is 1.53 bits per heavy atom. The van der Waals surface area contributed by atoms with Crippen molar-refractivity contribution in [2.75, 3.05) is 6.54 Å². The Kier molecular flexibility index (Phi) is 3.69. The molecule has 1 saturated heterocycles. The molecule has 4 heteroatoms. The van der Waals surface area contributed by atoms with Gasteiger partial charge in [0.2, 0.25) is 0 Å². The number of halogens is 1. The quantitative estimate of drug-likeness (QED) is 0.901. The van der Waals surface area contributed by atoms with Crippen LogP contribution in [0, 0.1) is 6.92 Å². The van der Waals surface area contributed by atoms with Crippen LogP contribution < -0.4 is 0 Å². The molecule has 0 amide bonds. The van der Waals surface area contributed by atoms with Gasteiger partial charge in [-0.05, 0) is 49.6 Å². The maximum Gasteiger partial charge on any atom is 0.320 e. The van der Waals surface area contributed by atoms with Crippen molar-refractivity contribution in [1.29, 1.82) is 0 Å². The van der Waals surface area contributed by atoms with Gasteiger partial charge < -0.3 is 5.11 Å². The lowest BCUT2D eigenvalue weighted by molar-refractivity contribution is -0.142. The van der Waals surface area contributed by atoms with Crippen LogP contribution in [0.25, 0.3) is 0 Å². The van der Waals surface area contributed by atoms with Crippen molar-refractivity contribution in [3.63, 3.8) is 0 Å². The van der Waals surface area contributed by atoms with Gasteiger partial charge in [-0.2, -0.15) is 0 Å². The van der Waals surface area contributed by atoms with Gasteiger partial charge in [0.1, 0.15) is 6.04 Å². The van der Waals surface area contributed by atoms with Crippen molar-refractivity contribution < 1.29 is 9.90 Å². The van der Waals surface area contributed by atoms with E-state index in [0.717, 1.165) is 30.5 Å². The first-order valence-electron chi connectivity index (χ1n) is 5.79. The third-order valence-corrected chi connectivity index (χ3v) is 3.35. The van der Waals surface area contributed by atoms with Crippen LogP contribution in [0.3, 0.4) is 0 Å². The fraction of sp³-hybridized carbons (Fsp3) is 0.462. The summed E-state index contributed by atoms with van der Waals surface area (Å²) < 4.78 is 0. The smallest absolute Gasteiger partial charge is 0.320 e. The number of benzene rings is 1. The van der Waals surface area contributed by atoms with E-state index in [0.29, 0.717) is 11.6 Å². The van der Waals surface area contributed by atoms with Crippen LogP contribution in [0.15, 0.2) is 18.2 Å². The summed E-state index contributed by atoms with van der Waals surface area (Å²) in [5, 5.41) is 9.82. The van der Waals surface area contributed by atoms with Crippen molar-refractivity contribution in [1.82, 2.24) is 4.90 Å². The second kappa shape index (κ2) is 5.07. The van der Waals surface area contributed by atoms with Crippen LogP contribution in [0.4, 0.5) is 0 Å². The first kappa shape index (κ1) is 12.4. The molecule has 0 aliphatic carbocycles. The SMILES string of the molecule is Cc1cc(Cl)cc(CN2CCCC2C(=O)O)c1. The van der Waals surface area contributed by atoms with E-state index in [9.17, 15) is 4.79 Å². The van der Waals surface area contributed by atoms with Crippen molar-refractivity contribution in [2.45, 2.75) is 32.4 Å². The van der Waals surface area contributed by atoms with E-state index >= 15 is 0 Å². The monoisotopic (exact) mass is 253 g/mol. The van der Waals surface area contributed by atoms with Crippen molar-refractivity contribution in [2.24, 2.45) is 0 Å². The highest BCUT2D eigenvalue weighted by molar-refractivity contribution is 6.30. The summed E-state index contributed by atoms with van der Waals surface area (Å²) >= 11 is 6.00. The van der Waals surface area contributed by atoms with Gasteiger partial charge >= 0.3 is 5.97 Å². The Hall–Kier alpha value is -1.06. The van der Waals surface area contributed by atoms with E-state index in [4.69, 9.17) is 16.7 Å². The second-order valence-electron chi connectivity index (χ2n) is 4.60. The molecule has 3 nitrogen and oxygen atoms in total. The molecule has 2 rings (SSSR count). The Labute approximate surface area is 106 Å². The lowest BCUT2D eigenvalue weighted by Gasteiger charge is -2.21. The molecular formula is C13H16ClNO2. The van der Waals surface area contributed by atoms with Crippen molar-refractivity contribution in [3.05, 3.63) is 34.3 Å². The zero-order valence-electron chi connectivity index (χ0n) is 9.82. The highest BCUT2D eigenvalue weighted by Gasteiger charge is 2.30. The van der Waals surface area contributed by atoms with E-state index in [1.165, 1.54) is 0 Å². The number of aryl methyl sites for hydroxylation is 1. The summed E-state index contributed by atoms with van der Waals surface area (Å²) in [4.78, 5) is 13.1. The summed E-state index contributed by atoms with van der Waals surface area (Å²) in [6.07, 6.45) is 1.70. The number of hydrogen-bond donors (Lipinski definition) is 1. The molecule has 17 heavy (non-hydrogen) atoms. The lowest BCUT2D eigenvalue weighted by atomic mass is 10.1. The minimum Gasteiger partial charge on any atom is -0.480 e. The molecule has 1 unspecified atom stereocenters. The molecule has 1 fully saturated rings. The molecule has 1 heterocycles. The average Bonchev–Trinajstić information content (AvgIpc) is 2.63. The zero-order valence-corrected chi connectivity index (χ0v) is 10.6. The third-order valence-electron chi connectivity index (χ3n) is 3.14. The molecule has 0 saturated carbocycles. The van der Waals surface area contributed by atoms with E-state index in [1.54, 1.807) is 0 Å². The van der Waals surface area contributed by atoms with Crippen LogP contribution in [0.1, 0.15) is 24.0 Å². The van der Waals surface area contributed by atoms with E-state index in [2.05, 4.69) is 6.07 Å². The highest BCUT2D eigenvalue weighted by Crippen LogP contribution is 2.22. The van der Waals surface area contributed by atoms with Crippen LogP contribution >= 0.6 is 11.6 Å². The van der Waals surface area contributed by atoms with Crippen molar-refractivity contribution >= 4 is 17.6 Å². The Morgan fingerprint density at radius 3 is 2.94 bits per heavy atom. The fourth-order valence-electron chi connectivity index (χ4n) is 2.43. The van der Waals surface area contributed by atoms with Crippen LogP contribution in [0.2, 0.25) is 5.02 Å². The van der Waals surface area contributed by atoms with Gasteiger partial charge in [-0.3, -0.25) is 9.69 Å². The maximum atomic E-state index is 11.1. The molecule has 0 aromatic heterocycles. The number of hydrogen-bond acceptors (Lipinski definition) is 2. The van der Waals surface area contributed by atoms with E-state index in [1.807, 2.05) is 24.0 Å². The largest absolute Gasteiger partial charge is 0.480 e. The average molecular weight is 254 g/mol. The number of aliphatic carboxylic acids is 1. The van der Waals surface area contributed by atoms with E-state index in [-0.39, 0.29) is 6.04 Å². The minimum absolute atomic E-state index is 0.339. The Bertz CT molecular complexity index is 413. The number of carbonyl (C=O) groups is 1. The number of carboxylic acid groups (broad SMARTS) is 1. The topological polar surface area (TPSA) is 40.5 Å². The predicted molar refractivity (Wildman–Crippen MR) is 67.3 cm³/mol. The molecule has 1 atom stereocenters. The molecule has 0 radical (unpaired) electrons. The van der Waals surface area contributed by atoms with Gasteiger partial charge in [0.25, 0.3) is 0 Å². The van der Waals surface area contributed by atoms with Gasteiger partial charge in [0.15, 0.2) is 0 Å². The molecule has 92 valence electrons. The van der Waals surface area contributed by atoms with Crippen LogP contribution in [-0.2, 0) is 11.3 Å². The molecule has 1 aliphatic rings. The number of nitrogens with zero attached hydrogens (tertiary/aromatic N) is 1. The molecule has 1 aromatic carbocycles. The van der Waals surface area contributed by atoms with Gasteiger partial charge in [-0.1, -0.05) is 17.7 Å². The normalized spacial score (nSPS) is 20.7. The molecule has 1 aromatic rings. The van der Waals surface area contributed by atoms with Gasteiger partial charge in [-0.25, -0.2) is 0 Å². The molecule has 1 aliphatic heterocycles. The number of carboxylic acids is 1. The summed E-state index contributed by atoms with van der Waals surface area (Å²) in [5.41, 5.74) is 2.20. The van der Waals surface area contributed by atoms with E-state index < -0.39 is 5.97 Å². The predicted octanol–water partition coefficient (Wildman–Crippen LogP) is 2.70.